The summed E-state index contributed by atoms with van der Waals surface area (Å²) < 4.78 is 28.7. The number of amides is 2. The highest BCUT2D eigenvalue weighted by molar-refractivity contribution is 7.92. The molecule has 43 heavy (non-hydrogen) atoms. The molecule has 3 aromatic rings. The van der Waals surface area contributed by atoms with E-state index in [2.05, 4.69) is 5.32 Å². The van der Waals surface area contributed by atoms with Crippen molar-refractivity contribution < 1.29 is 22.9 Å². The van der Waals surface area contributed by atoms with Gasteiger partial charge in [0.2, 0.25) is 11.8 Å². The normalized spacial score (nSPS) is 14.5. The van der Waals surface area contributed by atoms with E-state index in [0.717, 1.165) is 53.6 Å². The summed E-state index contributed by atoms with van der Waals surface area (Å²) >= 11 is 0. The second-order valence-electron chi connectivity index (χ2n) is 10.9. The van der Waals surface area contributed by atoms with E-state index < -0.39 is 33.4 Å². The number of non-ortho nitro benzene ring substituents is 1. The Morgan fingerprint density at radius 3 is 2.33 bits per heavy atom. The number of nitrogens with one attached hydrogen (secondary N) is 1. The van der Waals surface area contributed by atoms with E-state index >= 15 is 0 Å². The number of nitro benzene ring substituents is 1. The van der Waals surface area contributed by atoms with Crippen LogP contribution in [0.2, 0.25) is 0 Å². The van der Waals surface area contributed by atoms with Gasteiger partial charge in [-0.15, -0.1) is 0 Å². The Morgan fingerprint density at radius 1 is 0.977 bits per heavy atom. The number of aryl methyl sites for hydroxylation is 1. The largest absolute Gasteiger partial charge is 0.352 e. The number of nitrogens with zero attached hydrogens (tertiary/aromatic N) is 3. The number of carbonyl (C=O) groups is 2. The Hall–Kier alpha value is -4.25. The number of hydrogen-bond donors (Lipinski definition) is 1. The molecule has 0 radical (unpaired) electrons. The van der Waals surface area contributed by atoms with Crippen LogP contribution in [0.5, 0.6) is 0 Å². The molecule has 0 spiro atoms. The van der Waals surface area contributed by atoms with Gasteiger partial charge in [-0.1, -0.05) is 80.3 Å². The number of rotatable bonds is 12. The third-order valence-corrected chi connectivity index (χ3v) is 9.50. The van der Waals surface area contributed by atoms with E-state index in [1.165, 1.54) is 35.2 Å². The van der Waals surface area contributed by atoms with Gasteiger partial charge in [-0.25, -0.2) is 8.42 Å². The second kappa shape index (κ2) is 14.3. The van der Waals surface area contributed by atoms with Gasteiger partial charge in [-0.05, 0) is 49.9 Å². The highest BCUT2D eigenvalue weighted by Crippen LogP contribution is 2.28. The molecule has 11 heteroatoms. The molecule has 1 atom stereocenters. The Kier molecular flexibility index (Phi) is 10.5. The maximum atomic E-state index is 14.2. The van der Waals surface area contributed by atoms with Gasteiger partial charge >= 0.3 is 0 Å². The average molecular weight is 607 g/mol. The van der Waals surface area contributed by atoms with E-state index in [4.69, 9.17) is 0 Å². The molecule has 1 saturated carbocycles. The van der Waals surface area contributed by atoms with Gasteiger partial charge in [0.05, 0.1) is 15.5 Å². The zero-order chi connectivity index (χ0) is 31.0. The molecule has 2 amide bonds. The number of nitro groups is 1. The van der Waals surface area contributed by atoms with Gasteiger partial charge < -0.3 is 10.2 Å². The van der Waals surface area contributed by atoms with Gasteiger partial charge in [-0.2, -0.15) is 0 Å². The van der Waals surface area contributed by atoms with Crippen LogP contribution in [0.4, 0.5) is 11.4 Å². The van der Waals surface area contributed by atoms with Crippen molar-refractivity contribution in [3.8, 4) is 0 Å². The molecular formula is C32H38N4O6S. The molecule has 228 valence electrons. The molecule has 3 aromatic carbocycles. The van der Waals surface area contributed by atoms with Gasteiger partial charge in [0.25, 0.3) is 15.7 Å². The van der Waals surface area contributed by atoms with Crippen LogP contribution in [-0.2, 0) is 26.2 Å². The van der Waals surface area contributed by atoms with E-state index in [0.29, 0.717) is 6.42 Å². The minimum atomic E-state index is -4.32. The zero-order valence-corrected chi connectivity index (χ0v) is 25.3. The number of benzene rings is 3. The zero-order valence-electron chi connectivity index (χ0n) is 24.5. The number of hydrogen-bond acceptors (Lipinski definition) is 6. The Balaban J connectivity index is 1.73. The summed E-state index contributed by atoms with van der Waals surface area (Å²) in [4.78, 5) is 40.1. The van der Waals surface area contributed by atoms with Crippen LogP contribution in [0.3, 0.4) is 0 Å². The third kappa shape index (κ3) is 7.98. The molecule has 1 aliphatic rings. The predicted octanol–water partition coefficient (Wildman–Crippen LogP) is 5.35. The predicted molar refractivity (Wildman–Crippen MR) is 165 cm³/mol. The lowest BCUT2D eigenvalue weighted by Gasteiger charge is -2.34. The van der Waals surface area contributed by atoms with Gasteiger partial charge in [0, 0.05) is 24.7 Å². The quantitative estimate of drug-likeness (QED) is 0.218. The first-order chi connectivity index (χ1) is 20.6. The van der Waals surface area contributed by atoms with Crippen LogP contribution in [0, 0.1) is 17.0 Å². The van der Waals surface area contributed by atoms with E-state index in [1.807, 2.05) is 38.1 Å². The lowest BCUT2D eigenvalue weighted by Crippen LogP contribution is -2.54. The SMILES string of the molecule is CCC(C(=O)NC1CCCCC1)N(Cc1cccc(C)c1)C(=O)CN(c1cccc([N+](=O)[O-])c1)S(=O)(=O)c1ccccc1. The van der Waals surface area contributed by atoms with E-state index in [1.54, 1.807) is 18.2 Å². The monoisotopic (exact) mass is 606 g/mol. The van der Waals surface area contributed by atoms with Crippen LogP contribution >= 0.6 is 0 Å². The fourth-order valence-corrected chi connectivity index (χ4v) is 6.91. The van der Waals surface area contributed by atoms with Crippen LogP contribution in [-0.4, -0.2) is 48.7 Å². The smallest absolute Gasteiger partial charge is 0.271 e. The first-order valence-corrected chi connectivity index (χ1v) is 16.0. The summed E-state index contributed by atoms with van der Waals surface area (Å²) in [5, 5.41) is 14.7. The first-order valence-electron chi connectivity index (χ1n) is 14.6. The van der Waals surface area contributed by atoms with Gasteiger partial charge in [0.1, 0.15) is 12.6 Å². The topological polar surface area (TPSA) is 130 Å². The maximum Gasteiger partial charge on any atom is 0.271 e. The number of sulfonamides is 1. The summed E-state index contributed by atoms with van der Waals surface area (Å²) in [5.41, 5.74) is 1.44. The van der Waals surface area contributed by atoms with E-state index in [9.17, 15) is 28.1 Å². The molecule has 0 bridgehead atoms. The lowest BCUT2D eigenvalue weighted by atomic mass is 9.95. The highest BCUT2D eigenvalue weighted by atomic mass is 32.2. The maximum absolute atomic E-state index is 14.2. The van der Waals surface area contributed by atoms with Crippen LogP contribution < -0.4 is 9.62 Å². The molecule has 0 aromatic heterocycles. The molecule has 0 aliphatic heterocycles. The summed E-state index contributed by atoms with van der Waals surface area (Å²) in [7, 11) is -4.32. The van der Waals surface area contributed by atoms with Crippen LogP contribution in [0.25, 0.3) is 0 Å². The molecule has 1 fully saturated rings. The number of anilines is 1. The van der Waals surface area contributed by atoms with Gasteiger partial charge in [-0.3, -0.25) is 24.0 Å². The average Bonchev–Trinajstić information content (AvgIpc) is 3.00. The first kappa shape index (κ1) is 31.7. The standard InChI is InChI=1S/C32H38N4O6S/c1-3-30(32(38)33-26-14-6-4-7-15-26)34(22-25-13-10-12-24(2)20-25)31(37)23-35(27-16-11-17-28(21-27)36(39)40)43(41,42)29-18-8-5-9-19-29/h5,8-13,16-21,26,30H,3-4,6-7,14-15,22-23H2,1-2H3,(H,33,38). The van der Waals surface area contributed by atoms with Crippen molar-refractivity contribution in [2.24, 2.45) is 0 Å². The lowest BCUT2D eigenvalue weighted by molar-refractivity contribution is -0.384. The van der Waals surface area contributed by atoms with Crippen molar-refractivity contribution in [1.29, 1.82) is 0 Å². The second-order valence-corrected chi connectivity index (χ2v) is 12.7. The Bertz CT molecular complexity index is 1540. The molecule has 0 heterocycles. The summed E-state index contributed by atoms with van der Waals surface area (Å²) in [6.07, 6.45) is 5.27. The van der Waals surface area contributed by atoms with Crippen LogP contribution in [0.1, 0.15) is 56.6 Å². The van der Waals surface area contributed by atoms with Crippen molar-refractivity contribution in [3.05, 3.63) is 100 Å². The molecule has 1 N–H and O–H groups in total. The molecule has 10 nitrogen and oxygen atoms in total. The fourth-order valence-electron chi connectivity index (χ4n) is 5.48. The van der Waals surface area contributed by atoms with Crippen molar-refractivity contribution in [2.75, 3.05) is 10.8 Å². The summed E-state index contributed by atoms with van der Waals surface area (Å²) in [5.74, 6) is -0.874. The Morgan fingerprint density at radius 2 is 1.67 bits per heavy atom. The van der Waals surface area contributed by atoms with Crippen molar-refractivity contribution >= 4 is 33.2 Å². The summed E-state index contributed by atoms with van der Waals surface area (Å²) in [6, 6.07) is 19.5. The molecule has 0 saturated heterocycles. The van der Waals surface area contributed by atoms with Crippen molar-refractivity contribution in [1.82, 2.24) is 10.2 Å². The summed E-state index contributed by atoms with van der Waals surface area (Å²) in [6.45, 7) is 3.18. The molecule has 1 unspecified atom stereocenters. The fraction of sp³-hybridized carbons (Fsp3) is 0.375. The molecule has 1 aliphatic carbocycles. The molecular weight excluding hydrogens is 568 g/mol. The Labute approximate surface area is 252 Å². The van der Waals surface area contributed by atoms with Crippen molar-refractivity contribution in [3.63, 3.8) is 0 Å². The minimum absolute atomic E-state index is 0.0263. The minimum Gasteiger partial charge on any atom is -0.352 e. The van der Waals surface area contributed by atoms with Crippen molar-refractivity contribution in [2.45, 2.75) is 75.9 Å². The third-order valence-electron chi connectivity index (χ3n) is 7.71. The van der Waals surface area contributed by atoms with Gasteiger partial charge in [0.15, 0.2) is 0 Å². The highest BCUT2D eigenvalue weighted by Gasteiger charge is 2.34. The number of carbonyl (C=O) groups excluding carboxylic acids is 2. The van der Waals surface area contributed by atoms with E-state index in [-0.39, 0.29) is 34.8 Å². The van der Waals surface area contributed by atoms with Crippen LogP contribution in [0.15, 0.2) is 83.8 Å². The molecule has 4 rings (SSSR count).